The first-order chi connectivity index (χ1) is 13.7. The molecule has 28 heavy (non-hydrogen) atoms. The van der Waals surface area contributed by atoms with Gasteiger partial charge in [-0.1, -0.05) is 42.5 Å². The van der Waals surface area contributed by atoms with Crippen molar-refractivity contribution in [3.8, 4) is 11.5 Å². The molecule has 2 aliphatic heterocycles. The van der Waals surface area contributed by atoms with Gasteiger partial charge in [0, 0.05) is 13.5 Å². The van der Waals surface area contributed by atoms with E-state index in [-0.39, 0.29) is 12.0 Å². The lowest BCUT2D eigenvalue weighted by atomic mass is 10.00. The maximum atomic E-state index is 12.7. The summed E-state index contributed by atoms with van der Waals surface area (Å²) in [6, 6.07) is 18.1. The van der Waals surface area contributed by atoms with Gasteiger partial charge in [-0.3, -0.25) is 4.79 Å². The van der Waals surface area contributed by atoms with Crippen LogP contribution in [-0.2, 0) is 4.79 Å². The molecule has 1 unspecified atom stereocenters. The van der Waals surface area contributed by atoms with Crippen LogP contribution in [0.25, 0.3) is 5.57 Å². The molecule has 2 aliphatic rings. The van der Waals surface area contributed by atoms with Crippen LogP contribution in [0.3, 0.4) is 0 Å². The lowest BCUT2D eigenvalue weighted by molar-refractivity contribution is -0.887. The van der Waals surface area contributed by atoms with Crippen LogP contribution in [-0.4, -0.2) is 56.7 Å². The second-order valence-electron chi connectivity index (χ2n) is 7.50. The predicted octanol–water partition coefficient (Wildman–Crippen LogP) is 1.66. The van der Waals surface area contributed by atoms with Crippen LogP contribution in [0.1, 0.15) is 12.0 Å². The second-order valence-corrected chi connectivity index (χ2v) is 7.50. The average Bonchev–Trinajstić information content (AvgIpc) is 2.75. The molecule has 0 saturated carbocycles. The summed E-state index contributed by atoms with van der Waals surface area (Å²) in [5.74, 6) is 1.67. The van der Waals surface area contributed by atoms with Gasteiger partial charge in [-0.15, -0.1) is 0 Å². The van der Waals surface area contributed by atoms with E-state index in [1.165, 1.54) is 16.0 Å². The Kier molecular flexibility index (Phi) is 5.63. The highest BCUT2D eigenvalue weighted by molar-refractivity contribution is 5.77. The Hall–Kier alpha value is -2.79. The number of nitrogens with zero attached hydrogens (tertiary/aromatic N) is 1. The van der Waals surface area contributed by atoms with Crippen LogP contribution in [0, 0.1) is 0 Å². The van der Waals surface area contributed by atoms with Crippen LogP contribution in [0.15, 0.2) is 60.7 Å². The highest BCUT2D eigenvalue weighted by Gasteiger charge is 2.26. The molecule has 5 nitrogen and oxygen atoms in total. The predicted molar refractivity (Wildman–Crippen MR) is 109 cm³/mol. The number of rotatable bonds is 5. The summed E-state index contributed by atoms with van der Waals surface area (Å²) in [5, 5.41) is 0. The Balaban J connectivity index is 1.27. The van der Waals surface area contributed by atoms with Crippen molar-refractivity contribution in [2.24, 2.45) is 0 Å². The van der Waals surface area contributed by atoms with E-state index in [4.69, 9.17) is 9.47 Å². The molecule has 0 spiro atoms. The largest absolute Gasteiger partial charge is 0.486 e. The maximum absolute atomic E-state index is 12.7. The van der Waals surface area contributed by atoms with Crippen LogP contribution < -0.4 is 14.4 Å². The van der Waals surface area contributed by atoms with Gasteiger partial charge in [0.1, 0.15) is 6.61 Å². The highest BCUT2D eigenvalue weighted by Crippen LogP contribution is 2.30. The van der Waals surface area contributed by atoms with E-state index in [1.807, 2.05) is 37.4 Å². The van der Waals surface area contributed by atoms with Crippen LogP contribution in [0.4, 0.5) is 0 Å². The number of ether oxygens (including phenoxy) is 2. The molecule has 0 saturated heterocycles. The first kappa shape index (κ1) is 18.6. The van der Waals surface area contributed by atoms with Gasteiger partial charge in [-0.2, -0.15) is 0 Å². The zero-order valence-electron chi connectivity index (χ0n) is 16.3. The smallest absolute Gasteiger partial charge is 0.277 e. The molecule has 0 aromatic heterocycles. The lowest BCUT2D eigenvalue weighted by Gasteiger charge is -2.30. The van der Waals surface area contributed by atoms with Crippen molar-refractivity contribution >= 4 is 11.5 Å². The summed E-state index contributed by atoms with van der Waals surface area (Å²) in [7, 11) is 1.85. The number of quaternary nitrogens is 1. The molecule has 0 aliphatic carbocycles. The van der Waals surface area contributed by atoms with E-state index in [2.05, 4.69) is 30.3 Å². The number of carbonyl (C=O) groups excluding carboxylic acids is 1. The highest BCUT2D eigenvalue weighted by atomic mass is 16.6. The average molecular weight is 379 g/mol. The Morgan fingerprint density at radius 1 is 1.11 bits per heavy atom. The number of hydrogen-bond acceptors (Lipinski definition) is 3. The van der Waals surface area contributed by atoms with E-state index in [0.717, 1.165) is 31.0 Å². The summed E-state index contributed by atoms with van der Waals surface area (Å²) in [6.45, 7) is 3.39. The summed E-state index contributed by atoms with van der Waals surface area (Å²) >= 11 is 0. The van der Waals surface area contributed by atoms with E-state index in [1.54, 1.807) is 4.90 Å². The van der Waals surface area contributed by atoms with Crippen molar-refractivity contribution in [3.05, 3.63) is 66.2 Å². The molecule has 2 heterocycles. The van der Waals surface area contributed by atoms with Crippen molar-refractivity contribution in [3.63, 3.8) is 0 Å². The third-order valence-corrected chi connectivity index (χ3v) is 5.40. The fraction of sp³-hybridized carbons (Fsp3) is 0.348. The molecule has 0 fully saturated rings. The summed E-state index contributed by atoms with van der Waals surface area (Å²) in [4.78, 5) is 15.7. The van der Waals surface area contributed by atoms with Crippen molar-refractivity contribution in [2.75, 3.05) is 39.8 Å². The fourth-order valence-electron chi connectivity index (χ4n) is 3.77. The van der Waals surface area contributed by atoms with Crippen LogP contribution >= 0.6 is 0 Å². The van der Waals surface area contributed by atoms with Crippen molar-refractivity contribution in [1.29, 1.82) is 0 Å². The number of benzene rings is 2. The number of amides is 1. The first-order valence-electron chi connectivity index (χ1n) is 9.89. The Labute approximate surface area is 166 Å². The Morgan fingerprint density at radius 3 is 2.61 bits per heavy atom. The number of carbonyl (C=O) groups is 1. The second kappa shape index (κ2) is 8.48. The molecule has 2 aromatic carbocycles. The molecule has 1 amide bonds. The third kappa shape index (κ3) is 4.37. The molecule has 2 aromatic rings. The third-order valence-electron chi connectivity index (χ3n) is 5.40. The standard InChI is InChI=1S/C23H26N2O3/c1-24(15-20-17-27-21-9-5-6-10-22(21)28-20)23(26)16-25-13-11-19(12-14-25)18-7-3-2-4-8-18/h2-11,20H,12-17H2,1H3/p+1/t20-/m1/s1. The van der Waals surface area contributed by atoms with Gasteiger partial charge in [-0.05, 0) is 29.3 Å². The Morgan fingerprint density at radius 2 is 1.86 bits per heavy atom. The molecular weight excluding hydrogens is 352 g/mol. The van der Waals surface area contributed by atoms with E-state index < -0.39 is 0 Å². The number of fused-ring (bicyclic) bond motifs is 1. The molecule has 0 bridgehead atoms. The Bertz CT molecular complexity index is 850. The number of nitrogens with one attached hydrogen (secondary N) is 1. The van der Waals surface area contributed by atoms with Crippen molar-refractivity contribution < 1.29 is 19.2 Å². The van der Waals surface area contributed by atoms with Gasteiger partial charge in [-0.25, -0.2) is 0 Å². The maximum Gasteiger partial charge on any atom is 0.277 e. The van der Waals surface area contributed by atoms with E-state index >= 15 is 0 Å². The lowest BCUT2D eigenvalue weighted by Crippen LogP contribution is -3.13. The van der Waals surface area contributed by atoms with Gasteiger partial charge in [0.25, 0.3) is 5.91 Å². The van der Waals surface area contributed by atoms with E-state index in [9.17, 15) is 4.79 Å². The molecule has 4 rings (SSSR count). The summed E-state index contributed by atoms with van der Waals surface area (Å²) in [6.07, 6.45) is 3.15. The quantitative estimate of drug-likeness (QED) is 0.859. The topological polar surface area (TPSA) is 43.2 Å². The summed E-state index contributed by atoms with van der Waals surface area (Å²) < 4.78 is 11.7. The van der Waals surface area contributed by atoms with Gasteiger partial charge in [0.15, 0.2) is 24.1 Å². The minimum atomic E-state index is -0.134. The first-order valence-corrected chi connectivity index (χ1v) is 9.89. The normalized spacial score (nSPS) is 21.0. The molecule has 146 valence electrons. The van der Waals surface area contributed by atoms with Gasteiger partial charge in [0.2, 0.25) is 0 Å². The van der Waals surface area contributed by atoms with Gasteiger partial charge in [0.05, 0.1) is 19.6 Å². The van der Waals surface area contributed by atoms with Crippen molar-refractivity contribution in [1.82, 2.24) is 4.90 Å². The summed E-state index contributed by atoms with van der Waals surface area (Å²) in [5.41, 5.74) is 2.68. The molecular formula is C23H27N2O3+. The van der Waals surface area contributed by atoms with Crippen LogP contribution in [0.5, 0.6) is 11.5 Å². The fourth-order valence-corrected chi connectivity index (χ4v) is 3.77. The zero-order valence-corrected chi connectivity index (χ0v) is 16.3. The molecule has 1 N–H and O–H groups in total. The van der Waals surface area contributed by atoms with E-state index in [0.29, 0.717) is 19.7 Å². The number of likely N-dealkylation sites (N-methyl/N-ethyl adjacent to an activating group) is 1. The molecule has 5 heteroatoms. The molecule has 0 radical (unpaired) electrons. The minimum Gasteiger partial charge on any atom is -0.486 e. The zero-order chi connectivity index (χ0) is 19.3. The number of para-hydroxylation sites is 2. The van der Waals surface area contributed by atoms with Crippen LogP contribution in [0.2, 0.25) is 0 Å². The molecule has 2 atom stereocenters. The van der Waals surface area contributed by atoms with Gasteiger partial charge >= 0.3 is 0 Å². The number of hydrogen-bond donors (Lipinski definition) is 1. The van der Waals surface area contributed by atoms with Crippen molar-refractivity contribution in [2.45, 2.75) is 12.5 Å². The monoisotopic (exact) mass is 379 g/mol. The van der Waals surface area contributed by atoms with Gasteiger partial charge < -0.3 is 19.3 Å². The minimum absolute atomic E-state index is 0.134. The SMILES string of the molecule is CN(C[C@@H]1COc2ccccc2O1)C(=O)C[NH+]1CC=C(c2ccccc2)CC1.